The van der Waals surface area contributed by atoms with Crippen molar-refractivity contribution < 1.29 is 4.42 Å². The van der Waals surface area contributed by atoms with Crippen molar-refractivity contribution in [1.82, 2.24) is 15.0 Å². The molecule has 20 heavy (non-hydrogen) atoms. The summed E-state index contributed by atoms with van der Waals surface area (Å²) in [4.78, 5) is 11.6. The summed E-state index contributed by atoms with van der Waals surface area (Å²) in [6.07, 6.45) is 7.16. The first-order valence-corrected chi connectivity index (χ1v) is 6.34. The summed E-state index contributed by atoms with van der Waals surface area (Å²) in [5, 5.41) is 1.13. The zero-order valence-electron chi connectivity index (χ0n) is 10.6. The van der Waals surface area contributed by atoms with Gasteiger partial charge in [-0.05, 0) is 18.2 Å². The van der Waals surface area contributed by atoms with Gasteiger partial charge in [0.2, 0.25) is 5.89 Å². The van der Waals surface area contributed by atoms with E-state index in [-0.39, 0.29) is 0 Å². The number of nitrogens with one attached hydrogen (secondary N) is 1. The van der Waals surface area contributed by atoms with Gasteiger partial charge in [0.05, 0.1) is 11.8 Å². The van der Waals surface area contributed by atoms with Crippen LogP contribution in [0.4, 0.5) is 0 Å². The summed E-state index contributed by atoms with van der Waals surface area (Å²) >= 11 is 0. The summed E-state index contributed by atoms with van der Waals surface area (Å²) in [7, 11) is 0. The molecular formula is C16H11N3O. The molecule has 4 rings (SSSR count). The Kier molecular flexibility index (Phi) is 2.39. The lowest BCUT2D eigenvalue weighted by atomic mass is 10.1. The lowest BCUT2D eigenvalue weighted by Crippen LogP contribution is -1.77. The minimum atomic E-state index is 0.582. The molecular weight excluding hydrogens is 250 g/mol. The van der Waals surface area contributed by atoms with Gasteiger partial charge in [0, 0.05) is 35.1 Å². The third kappa shape index (κ3) is 1.70. The van der Waals surface area contributed by atoms with Crippen molar-refractivity contribution in [3.05, 3.63) is 61.2 Å². The first kappa shape index (κ1) is 11.0. The molecule has 3 heterocycles. The first-order chi connectivity index (χ1) is 9.92. The molecule has 0 aliphatic rings. The van der Waals surface area contributed by atoms with E-state index in [4.69, 9.17) is 4.42 Å². The second-order valence-corrected chi connectivity index (χ2v) is 4.52. The van der Waals surface area contributed by atoms with Gasteiger partial charge in [0.15, 0.2) is 5.76 Å². The summed E-state index contributed by atoms with van der Waals surface area (Å²) in [6, 6.07) is 11.9. The summed E-state index contributed by atoms with van der Waals surface area (Å²) in [5.41, 5.74) is 2.98. The van der Waals surface area contributed by atoms with Crippen LogP contribution in [0.1, 0.15) is 0 Å². The third-order valence-electron chi connectivity index (χ3n) is 3.27. The molecule has 0 aliphatic carbocycles. The maximum absolute atomic E-state index is 5.85. The number of nitrogens with zero attached hydrogens (tertiary/aromatic N) is 2. The highest BCUT2D eigenvalue weighted by Gasteiger charge is 2.12. The van der Waals surface area contributed by atoms with Crippen molar-refractivity contribution in [3.63, 3.8) is 0 Å². The number of aromatic amines is 1. The first-order valence-electron chi connectivity index (χ1n) is 6.34. The van der Waals surface area contributed by atoms with Crippen LogP contribution in [0.25, 0.3) is 33.7 Å². The lowest BCUT2D eigenvalue weighted by molar-refractivity contribution is 0.589. The van der Waals surface area contributed by atoms with E-state index in [0.29, 0.717) is 5.89 Å². The molecule has 4 heteroatoms. The highest BCUT2D eigenvalue weighted by Crippen LogP contribution is 2.31. The molecule has 0 bridgehead atoms. The van der Waals surface area contributed by atoms with E-state index in [1.165, 1.54) is 0 Å². The highest BCUT2D eigenvalue weighted by molar-refractivity contribution is 5.94. The Bertz CT molecular complexity index is 861. The van der Waals surface area contributed by atoms with Crippen molar-refractivity contribution in [3.8, 4) is 22.8 Å². The molecule has 0 fully saturated rings. The Hall–Kier alpha value is -2.88. The molecule has 4 nitrogen and oxygen atoms in total. The molecule has 0 spiro atoms. The Morgan fingerprint density at radius 1 is 1.00 bits per heavy atom. The van der Waals surface area contributed by atoms with Gasteiger partial charge in [-0.1, -0.05) is 18.2 Å². The molecule has 1 N–H and O–H groups in total. The fraction of sp³-hybridized carbons (Fsp3) is 0. The van der Waals surface area contributed by atoms with E-state index >= 15 is 0 Å². The maximum Gasteiger partial charge on any atom is 0.228 e. The Morgan fingerprint density at radius 2 is 1.95 bits per heavy atom. The fourth-order valence-electron chi connectivity index (χ4n) is 2.30. The number of aromatic nitrogens is 3. The Labute approximate surface area is 115 Å². The predicted octanol–water partition coefficient (Wildman–Crippen LogP) is 3.88. The number of fused-ring (bicyclic) bond motifs is 1. The predicted molar refractivity (Wildman–Crippen MR) is 77.0 cm³/mol. The number of hydrogen-bond acceptors (Lipinski definition) is 3. The van der Waals surface area contributed by atoms with E-state index in [1.54, 1.807) is 18.6 Å². The Morgan fingerprint density at radius 3 is 2.85 bits per heavy atom. The van der Waals surface area contributed by atoms with Crippen molar-refractivity contribution in [1.29, 1.82) is 0 Å². The molecule has 96 valence electrons. The van der Waals surface area contributed by atoms with Crippen LogP contribution in [0.2, 0.25) is 0 Å². The van der Waals surface area contributed by atoms with E-state index in [1.807, 2.05) is 36.5 Å². The number of pyridine rings is 1. The SMILES string of the molecule is c1cncc(-c2ncc(-c3c[nH]c4ccccc34)o2)c1. The van der Waals surface area contributed by atoms with Crippen molar-refractivity contribution in [2.45, 2.75) is 0 Å². The summed E-state index contributed by atoms with van der Waals surface area (Å²) in [6.45, 7) is 0. The number of oxazole rings is 1. The molecule has 0 saturated heterocycles. The molecule has 4 aromatic rings. The van der Waals surface area contributed by atoms with Gasteiger partial charge in [-0.3, -0.25) is 4.98 Å². The molecule has 0 aliphatic heterocycles. The topological polar surface area (TPSA) is 54.7 Å². The number of hydrogen-bond donors (Lipinski definition) is 1. The fourth-order valence-corrected chi connectivity index (χ4v) is 2.30. The van der Waals surface area contributed by atoms with Gasteiger partial charge >= 0.3 is 0 Å². The zero-order chi connectivity index (χ0) is 13.4. The van der Waals surface area contributed by atoms with Gasteiger partial charge in [-0.15, -0.1) is 0 Å². The number of rotatable bonds is 2. The van der Waals surface area contributed by atoms with Gasteiger partial charge in [-0.25, -0.2) is 4.98 Å². The van der Waals surface area contributed by atoms with E-state index in [9.17, 15) is 0 Å². The molecule has 3 aromatic heterocycles. The number of para-hydroxylation sites is 1. The van der Waals surface area contributed by atoms with Crippen molar-refractivity contribution >= 4 is 10.9 Å². The molecule has 0 atom stereocenters. The van der Waals surface area contributed by atoms with E-state index < -0.39 is 0 Å². The molecule has 0 radical (unpaired) electrons. The van der Waals surface area contributed by atoms with Gasteiger partial charge in [0.25, 0.3) is 0 Å². The highest BCUT2D eigenvalue weighted by atomic mass is 16.4. The zero-order valence-corrected chi connectivity index (χ0v) is 10.6. The average Bonchev–Trinajstić information content (AvgIpc) is 3.14. The largest absolute Gasteiger partial charge is 0.436 e. The van der Waals surface area contributed by atoms with Crippen LogP contribution in [0.5, 0.6) is 0 Å². The molecule has 0 amide bonds. The van der Waals surface area contributed by atoms with Crippen LogP contribution in [-0.2, 0) is 0 Å². The third-order valence-corrected chi connectivity index (χ3v) is 3.27. The van der Waals surface area contributed by atoms with Crippen LogP contribution in [-0.4, -0.2) is 15.0 Å². The molecule has 1 aromatic carbocycles. The quantitative estimate of drug-likeness (QED) is 0.595. The normalized spacial score (nSPS) is 11.0. The maximum atomic E-state index is 5.85. The Balaban J connectivity index is 1.82. The summed E-state index contributed by atoms with van der Waals surface area (Å²) in [5.74, 6) is 1.33. The number of benzene rings is 1. The van der Waals surface area contributed by atoms with Gasteiger partial charge in [0.1, 0.15) is 0 Å². The van der Waals surface area contributed by atoms with Crippen LogP contribution in [0.3, 0.4) is 0 Å². The van der Waals surface area contributed by atoms with Gasteiger partial charge in [-0.2, -0.15) is 0 Å². The van der Waals surface area contributed by atoms with Crippen LogP contribution < -0.4 is 0 Å². The lowest BCUT2D eigenvalue weighted by Gasteiger charge is -1.95. The summed E-state index contributed by atoms with van der Waals surface area (Å²) < 4.78 is 5.85. The van der Waals surface area contributed by atoms with Crippen LogP contribution in [0, 0.1) is 0 Å². The van der Waals surface area contributed by atoms with Crippen molar-refractivity contribution in [2.75, 3.05) is 0 Å². The van der Waals surface area contributed by atoms with E-state index in [2.05, 4.69) is 21.0 Å². The minimum Gasteiger partial charge on any atom is -0.436 e. The van der Waals surface area contributed by atoms with E-state index in [0.717, 1.165) is 27.8 Å². The monoisotopic (exact) mass is 261 g/mol. The van der Waals surface area contributed by atoms with Crippen molar-refractivity contribution in [2.24, 2.45) is 0 Å². The smallest absolute Gasteiger partial charge is 0.228 e. The average molecular weight is 261 g/mol. The molecule has 0 unspecified atom stereocenters. The molecule has 0 saturated carbocycles. The second kappa shape index (κ2) is 4.35. The number of H-pyrrole nitrogens is 1. The van der Waals surface area contributed by atoms with Crippen LogP contribution >= 0.6 is 0 Å². The van der Waals surface area contributed by atoms with Gasteiger partial charge < -0.3 is 9.40 Å². The minimum absolute atomic E-state index is 0.582. The standard InChI is InChI=1S/C16H11N3O/c1-2-6-14-12(5-1)13(9-18-14)15-10-19-16(20-15)11-4-3-7-17-8-11/h1-10,18H. The second-order valence-electron chi connectivity index (χ2n) is 4.52. The van der Waals surface area contributed by atoms with Crippen LogP contribution in [0.15, 0.2) is 65.6 Å².